The summed E-state index contributed by atoms with van der Waals surface area (Å²) in [5, 5.41) is 3.14. The van der Waals surface area contributed by atoms with Crippen LogP contribution in [0.5, 0.6) is 0 Å². The number of aromatic nitrogens is 2. The Morgan fingerprint density at radius 1 is 1.33 bits per heavy atom. The molecule has 0 aromatic carbocycles. The number of nitrogens with one attached hydrogen (secondary N) is 1. The molecule has 24 heavy (non-hydrogen) atoms. The molecule has 2 rings (SSSR count). The molecule has 2 aromatic rings. The third-order valence-corrected chi connectivity index (χ3v) is 4.50. The van der Waals surface area contributed by atoms with Crippen molar-refractivity contribution in [2.45, 2.75) is 31.0 Å². The number of halogens is 1. The molecular weight excluding hydrogens is 348 g/mol. The largest absolute Gasteiger partial charge is 0.366 e. The van der Waals surface area contributed by atoms with Gasteiger partial charge in [0.15, 0.2) is 0 Å². The Labute approximate surface area is 149 Å². The summed E-state index contributed by atoms with van der Waals surface area (Å²) in [6.45, 7) is 5.34. The molecular formula is C16H17ClN4O2S. The minimum atomic E-state index is -0.561. The number of carbonyl (C=O) groups is 2. The molecule has 2 aromatic heterocycles. The van der Waals surface area contributed by atoms with Crippen molar-refractivity contribution in [1.82, 2.24) is 9.97 Å². The van der Waals surface area contributed by atoms with Crippen LogP contribution in [-0.2, 0) is 4.79 Å². The maximum atomic E-state index is 12.3. The van der Waals surface area contributed by atoms with Crippen LogP contribution in [0.1, 0.15) is 28.5 Å². The predicted octanol–water partition coefficient (Wildman–Crippen LogP) is 2.97. The fraction of sp³-hybridized carbons (Fsp3) is 0.250. The fourth-order valence-corrected chi connectivity index (χ4v) is 3.27. The minimum Gasteiger partial charge on any atom is -0.366 e. The van der Waals surface area contributed by atoms with Crippen LogP contribution in [-0.4, -0.2) is 27.0 Å². The standard InChI is InChI=1S/C16H17ClN4O2S/c1-8-6-9(2)20-16(13(8)14(18)22)24-10(3)15(23)21-12-5-4-11(17)7-19-12/h4-7,10H,1-3H3,(H2,18,22)(H,19,21,23)/t10-/m1/s1. The highest BCUT2D eigenvalue weighted by atomic mass is 35.5. The van der Waals surface area contributed by atoms with Gasteiger partial charge in [-0.15, -0.1) is 0 Å². The first kappa shape index (κ1) is 18.2. The van der Waals surface area contributed by atoms with Gasteiger partial charge < -0.3 is 11.1 Å². The molecule has 0 unspecified atom stereocenters. The summed E-state index contributed by atoms with van der Waals surface area (Å²) in [5.41, 5.74) is 7.28. The van der Waals surface area contributed by atoms with Gasteiger partial charge in [-0.1, -0.05) is 23.4 Å². The van der Waals surface area contributed by atoms with Crippen molar-refractivity contribution in [1.29, 1.82) is 0 Å². The summed E-state index contributed by atoms with van der Waals surface area (Å²) in [6.07, 6.45) is 1.45. The van der Waals surface area contributed by atoms with Crippen LogP contribution in [0, 0.1) is 13.8 Å². The normalized spacial score (nSPS) is 11.8. The van der Waals surface area contributed by atoms with E-state index in [9.17, 15) is 9.59 Å². The van der Waals surface area contributed by atoms with Crippen molar-refractivity contribution in [3.05, 3.63) is 46.2 Å². The zero-order valence-corrected chi connectivity index (χ0v) is 15.0. The molecule has 0 bridgehead atoms. The van der Waals surface area contributed by atoms with E-state index >= 15 is 0 Å². The lowest BCUT2D eigenvalue weighted by atomic mass is 10.1. The third-order valence-electron chi connectivity index (χ3n) is 3.19. The van der Waals surface area contributed by atoms with Crippen LogP contribution in [0.4, 0.5) is 5.82 Å². The number of nitrogens with two attached hydrogens (primary N) is 1. The van der Waals surface area contributed by atoms with E-state index in [1.165, 1.54) is 18.0 Å². The molecule has 0 aliphatic carbocycles. The Kier molecular flexibility index (Phi) is 5.80. The van der Waals surface area contributed by atoms with E-state index in [1.54, 1.807) is 32.0 Å². The number of pyridine rings is 2. The second kappa shape index (κ2) is 7.63. The average molecular weight is 365 g/mol. The number of hydrogen-bond acceptors (Lipinski definition) is 5. The van der Waals surface area contributed by atoms with Crippen molar-refractivity contribution in [3.63, 3.8) is 0 Å². The number of nitrogens with zero attached hydrogens (tertiary/aromatic N) is 2. The van der Waals surface area contributed by atoms with Crippen LogP contribution in [0.15, 0.2) is 29.4 Å². The monoisotopic (exact) mass is 364 g/mol. The van der Waals surface area contributed by atoms with Gasteiger partial charge in [0.1, 0.15) is 10.8 Å². The average Bonchev–Trinajstić information content (AvgIpc) is 2.48. The quantitative estimate of drug-likeness (QED) is 0.795. The van der Waals surface area contributed by atoms with E-state index in [0.29, 0.717) is 21.4 Å². The first-order valence-electron chi connectivity index (χ1n) is 7.15. The number of thioether (sulfide) groups is 1. The van der Waals surface area contributed by atoms with Gasteiger partial charge in [-0.2, -0.15) is 0 Å². The van der Waals surface area contributed by atoms with Gasteiger partial charge in [0.05, 0.1) is 15.8 Å². The number of hydrogen-bond donors (Lipinski definition) is 2. The molecule has 0 radical (unpaired) electrons. The maximum absolute atomic E-state index is 12.3. The fourth-order valence-electron chi connectivity index (χ4n) is 2.09. The summed E-state index contributed by atoms with van der Waals surface area (Å²) < 4.78 is 0. The molecule has 0 aliphatic heterocycles. The predicted molar refractivity (Wildman–Crippen MR) is 95.4 cm³/mol. The second-order valence-electron chi connectivity index (χ2n) is 5.24. The third kappa shape index (κ3) is 4.46. The molecule has 6 nitrogen and oxygen atoms in total. The Morgan fingerprint density at radius 3 is 2.62 bits per heavy atom. The first-order chi connectivity index (χ1) is 11.3. The lowest BCUT2D eigenvalue weighted by molar-refractivity contribution is -0.115. The van der Waals surface area contributed by atoms with E-state index in [-0.39, 0.29) is 5.91 Å². The zero-order valence-electron chi connectivity index (χ0n) is 13.5. The van der Waals surface area contributed by atoms with Gasteiger partial charge >= 0.3 is 0 Å². The molecule has 0 spiro atoms. The number of anilines is 1. The Hall–Kier alpha value is -2.12. The van der Waals surface area contributed by atoms with Crippen LogP contribution < -0.4 is 11.1 Å². The van der Waals surface area contributed by atoms with Gasteiger partial charge in [-0.25, -0.2) is 9.97 Å². The van der Waals surface area contributed by atoms with E-state index in [2.05, 4.69) is 15.3 Å². The lowest BCUT2D eigenvalue weighted by Gasteiger charge is -2.14. The number of aryl methyl sites for hydroxylation is 2. The highest BCUT2D eigenvalue weighted by Crippen LogP contribution is 2.28. The molecule has 0 saturated carbocycles. The van der Waals surface area contributed by atoms with Crippen LogP contribution in [0.25, 0.3) is 0 Å². The smallest absolute Gasteiger partial charge is 0.251 e. The van der Waals surface area contributed by atoms with Crippen molar-refractivity contribution < 1.29 is 9.59 Å². The highest BCUT2D eigenvalue weighted by molar-refractivity contribution is 8.00. The number of amides is 2. The van der Waals surface area contributed by atoms with Gasteiger partial charge in [0.2, 0.25) is 5.91 Å². The molecule has 0 saturated heterocycles. The number of rotatable bonds is 5. The van der Waals surface area contributed by atoms with Gasteiger partial charge in [-0.3, -0.25) is 9.59 Å². The van der Waals surface area contributed by atoms with Gasteiger partial charge in [-0.05, 0) is 44.5 Å². The maximum Gasteiger partial charge on any atom is 0.251 e. The SMILES string of the molecule is Cc1cc(C)c(C(N)=O)c(S[C@H](C)C(=O)Nc2ccc(Cl)cn2)n1. The lowest BCUT2D eigenvalue weighted by Crippen LogP contribution is -2.24. The molecule has 2 heterocycles. The van der Waals surface area contributed by atoms with Crippen LogP contribution >= 0.6 is 23.4 Å². The van der Waals surface area contributed by atoms with Crippen molar-refractivity contribution in [2.75, 3.05) is 5.32 Å². The van der Waals surface area contributed by atoms with Crippen molar-refractivity contribution >= 4 is 41.0 Å². The summed E-state index contributed by atoms with van der Waals surface area (Å²) in [4.78, 5) is 32.3. The zero-order chi connectivity index (χ0) is 17.9. The Bertz CT molecular complexity index is 780. The molecule has 2 amide bonds. The minimum absolute atomic E-state index is 0.258. The topological polar surface area (TPSA) is 98.0 Å². The number of primary amides is 1. The summed E-state index contributed by atoms with van der Waals surface area (Å²) in [6, 6.07) is 5.03. The van der Waals surface area contributed by atoms with Crippen LogP contribution in [0.2, 0.25) is 5.02 Å². The van der Waals surface area contributed by atoms with E-state index < -0.39 is 11.2 Å². The second-order valence-corrected chi connectivity index (χ2v) is 7.00. The molecule has 0 aliphatic rings. The molecule has 8 heteroatoms. The Morgan fingerprint density at radius 2 is 2.04 bits per heavy atom. The van der Waals surface area contributed by atoms with E-state index in [1.807, 2.05) is 6.92 Å². The molecule has 126 valence electrons. The molecule has 0 fully saturated rings. The van der Waals surface area contributed by atoms with Gasteiger partial charge in [0, 0.05) is 11.9 Å². The molecule has 1 atom stereocenters. The highest BCUT2D eigenvalue weighted by Gasteiger charge is 2.21. The van der Waals surface area contributed by atoms with Gasteiger partial charge in [0.25, 0.3) is 5.91 Å². The van der Waals surface area contributed by atoms with Crippen molar-refractivity contribution in [3.8, 4) is 0 Å². The van der Waals surface area contributed by atoms with Crippen LogP contribution in [0.3, 0.4) is 0 Å². The molecule has 3 N–H and O–H groups in total. The van der Waals surface area contributed by atoms with E-state index in [4.69, 9.17) is 17.3 Å². The summed E-state index contributed by atoms with van der Waals surface area (Å²) in [7, 11) is 0. The first-order valence-corrected chi connectivity index (χ1v) is 8.41. The summed E-state index contributed by atoms with van der Waals surface area (Å²) in [5.74, 6) is -0.416. The Balaban J connectivity index is 2.17. The van der Waals surface area contributed by atoms with Crippen molar-refractivity contribution in [2.24, 2.45) is 5.73 Å². The van der Waals surface area contributed by atoms with E-state index in [0.717, 1.165) is 11.3 Å². The number of carbonyl (C=O) groups excluding carboxylic acids is 2. The summed E-state index contributed by atoms with van der Waals surface area (Å²) >= 11 is 6.94.